The second kappa shape index (κ2) is 3.63. The van der Waals surface area contributed by atoms with Crippen molar-refractivity contribution in [3.63, 3.8) is 0 Å². The van der Waals surface area contributed by atoms with Gasteiger partial charge >= 0.3 is 0 Å². The molecule has 11 heavy (non-hydrogen) atoms. The summed E-state index contributed by atoms with van der Waals surface area (Å²) in [5, 5.41) is 0. The Morgan fingerprint density at radius 3 is 3.00 bits per heavy atom. The lowest BCUT2D eigenvalue weighted by atomic mass is 10.3. The number of aromatic nitrogens is 1. The van der Waals surface area contributed by atoms with Gasteiger partial charge in [-0.3, -0.25) is 15.2 Å². The van der Waals surface area contributed by atoms with Gasteiger partial charge in [-0.05, 0) is 34.7 Å². The van der Waals surface area contributed by atoms with E-state index in [0.29, 0.717) is 5.69 Å². The molecule has 0 unspecified atom stereocenters. The number of carbonyl (C=O) groups is 1. The molecule has 0 radical (unpaired) electrons. The number of hydrogen-bond acceptors (Lipinski definition) is 3. The molecule has 0 aliphatic heterocycles. The van der Waals surface area contributed by atoms with Crippen molar-refractivity contribution < 1.29 is 4.79 Å². The summed E-state index contributed by atoms with van der Waals surface area (Å²) in [7, 11) is 0. The molecule has 4 nitrogen and oxygen atoms in total. The third-order valence-corrected chi connectivity index (χ3v) is 1.76. The van der Waals surface area contributed by atoms with Crippen LogP contribution in [0.3, 0.4) is 0 Å². The van der Waals surface area contributed by atoms with Crippen molar-refractivity contribution in [3.05, 3.63) is 27.6 Å². The number of hydrazine groups is 1. The van der Waals surface area contributed by atoms with Crippen molar-refractivity contribution in [1.82, 2.24) is 10.4 Å². The second-order valence-corrected chi connectivity index (χ2v) is 3.08. The number of carbonyl (C=O) groups excluding carboxylic acids is 1. The van der Waals surface area contributed by atoms with Crippen LogP contribution in [0.15, 0.2) is 18.3 Å². The van der Waals surface area contributed by atoms with Gasteiger partial charge in [0.05, 0.1) is 0 Å². The van der Waals surface area contributed by atoms with E-state index in [-0.39, 0.29) is 5.91 Å². The molecule has 0 spiro atoms. The lowest BCUT2D eigenvalue weighted by Gasteiger charge is -1.97. The van der Waals surface area contributed by atoms with Crippen LogP contribution in [0.1, 0.15) is 10.5 Å². The highest BCUT2D eigenvalue weighted by Gasteiger charge is 2.03. The van der Waals surface area contributed by atoms with Gasteiger partial charge in [0.1, 0.15) is 5.69 Å². The van der Waals surface area contributed by atoms with Crippen LogP contribution in [0, 0.1) is 3.57 Å². The lowest BCUT2D eigenvalue weighted by Crippen LogP contribution is -2.30. The molecule has 0 atom stereocenters. The quantitative estimate of drug-likeness (QED) is 0.331. The second-order valence-electron chi connectivity index (χ2n) is 1.83. The summed E-state index contributed by atoms with van der Waals surface area (Å²) in [6.45, 7) is 0. The Hall–Kier alpha value is -0.690. The molecule has 0 aromatic carbocycles. The smallest absolute Gasteiger partial charge is 0.283 e. The number of pyridine rings is 1. The van der Waals surface area contributed by atoms with Crippen LogP contribution in [0.5, 0.6) is 0 Å². The molecule has 0 fully saturated rings. The van der Waals surface area contributed by atoms with Crippen LogP contribution in [0.25, 0.3) is 0 Å². The zero-order valence-corrected chi connectivity index (χ0v) is 7.70. The number of hydrogen-bond donors (Lipinski definition) is 2. The van der Waals surface area contributed by atoms with Crippen LogP contribution in [0.4, 0.5) is 0 Å². The van der Waals surface area contributed by atoms with Crippen molar-refractivity contribution in [2.24, 2.45) is 5.84 Å². The summed E-state index contributed by atoms with van der Waals surface area (Å²) >= 11 is 2.09. The van der Waals surface area contributed by atoms with E-state index in [2.05, 4.69) is 27.6 Å². The summed E-state index contributed by atoms with van der Waals surface area (Å²) in [4.78, 5) is 14.7. The average molecular weight is 263 g/mol. The Morgan fingerprint density at radius 2 is 2.45 bits per heavy atom. The number of rotatable bonds is 1. The minimum Gasteiger partial charge on any atom is -0.289 e. The largest absolute Gasteiger partial charge is 0.289 e. The number of nitrogen functional groups attached to an aromatic ring is 1. The SMILES string of the molecule is NNC(=O)c1cc(I)ccn1. The van der Waals surface area contributed by atoms with E-state index in [9.17, 15) is 4.79 Å². The molecule has 1 rings (SSSR count). The van der Waals surface area contributed by atoms with Crippen molar-refractivity contribution in [2.75, 3.05) is 0 Å². The Labute approximate surface area is 77.3 Å². The highest BCUT2D eigenvalue weighted by atomic mass is 127. The Bertz CT molecular complexity index is 276. The van der Waals surface area contributed by atoms with Crippen molar-refractivity contribution in [1.29, 1.82) is 0 Å². The number of halogens is 1. The predicted octanol–water partition coefficient (Wildman–Crippen LogP) is 0.290. The van der Waals surface area contributed by atoms with Crippen LogP contribution < -0.4 is 11.3 Å². The van der Waals surface area contributed by atoms with E-state index < -0.39 is 0 Å². The number of nitrogens with two attached hydrogens (primary N) is 1. The fourth-order valence-corrected chi connectivity index (χ4v) is 1.06. The molecule has 1 aromatic heterocycles. The van der Waals surface area contributed by atoms with E-state index >= 15 is 0 Å². The summed E-state index contributed by atoms with van der Waals surface area (Å²) in [5.41, 5.74) is 2.34. The molecule has 0 aliphatic rings. The molecule has 1 heterocycles. The fourth-order valence-electron chi connectivity index (χ4n) is 0.603. The Balaban J connectivity index is 2.96. The van der Waals surface area contributed by atoms with Crippen LogP contribution in [0.2, 0.25) is 0 Å². The van der Waals surface area contributed by atoms with Gasteiger partial charge in [0.15, 0.2) is 0 Å². The summed E-state index contributed by atoms with van der Waals surface area (Å²) < 4.78 is 0.955. The molecule has 0 saturated heterocycles. The monoisotopic (exact) mass is 263 g/mol. The maximum Gasteiger partial charge on any atom is 0.283 e. The molecule has 0 bridgehead atoms. The summed E-state index contributed by atoms with van der Waals surface area (Å²) in [5.74, 6) is 4.54. The molecule has 0 aliphatic carbocycles. The van der Waals surface area contributed by atoms with Gasteiger partial charge in [0.25, 0.3) is 5.91 Å². The maximum absolute atomic E-state index is 10.9. The lowest BCUT2D eigenvalue weighted by molar-refractivity contribution is 0.0948. The molecule has 3 N–H and O–H groups in total. The molecule has 1 amide bonds. The topological polar surface area (TPSA) is 68.0 Å². The first kappa shape index (κ1) is 8.41. The van der Waals surface area contributed by atoms with Crippen LogP contribution >= 0.6 is 22.6 Å². The highest BCUT2D eigenvalue weighted by Crippen LogP contribution is 2.03. The van der Waals surface area contributed by atoms with Gasteiger partial charge in [0.2, 0.25) is 0 Å². The van der Waals surface area contributed by atoms with Crippen molar-refractivity contribution >= 4 is 28.5 Å². The molecular weight excluding hydrogens is 257 g/mol. The first-order valence-corrected chi connectivity index (χ1v) is 3.94. The highest BCUT2D eigenvalue weighted by molar-refractivity contribution is 14.1. The molecule has 1 aromatic rings. The van der Waals surface area contributed by atoms with E-state index in [1.807, 2.05) is 5.43 Å². The van der Waals surface area contributed by atoms with Crippen molar-refractivity contribution in [2.45, 2.75) is 0 Å². The normalized spacial score (nSPS) is 9.27. The third kappa shape index (κ3) is 2.12. The first-order valence-electron chi connectivity index (χ1n) is 2.86. The van der Waals surface area contributed by atoms with Crippen LogP contribution in [-0.2, 0) is 0 Å². The minimum absolute atomic E-state index is 0.333. The third-order valence-electron chi connectivity index (χ3n) is 1.09. The van der Waals surface area contributed by atoms with E-state index in [0.717, 1.165) is 3.57 Å². The fraction of sp³-hybridized carbons (Fsp3) is 0. The predicted molar refractivity (Wildman–Crippen MR) is 48.6 cm³/mol. The zero-order valence-electron chi connectivity index (χ0n) is 5.54. The number of nitrogens with one attached hydrogen (secondary N) is 1. The van der Waals surface area contributed by atoms with Gasteiger partial charge in [-0.25, -0.2) is 5.84 Å². The maximum atomic E-state index is 10.9. The first-order chi connectivity index (χ1) is 5.24. The van der Waals surface area contributed by atoms with Gasteiger partial charge in [0, 0.05) is 9.77 Å². The van der Waals surface area contributed by atoms with Gasteiger partial charge < -0.3 is 0 Å². The standard InChI is InChI=1S/C6H6IN3O/c7-4-1-2-9-5(3-4)6(11)10-8/h1-3H,8H2,(H,10,11). The molecule has 5 heteroatoms. The molecular formula is C6H6IN3O. The molecule has 58 valence electrons. The van der Waals surface area contributed by atoms with Crippen molar-refractivity contribution in [3.8, 4) is 0 Å². The zero-order chi connectivity index (χ0) is 8.27. The van der Waals surface area contributed by atoms with E-state index in [4.69, 9.17) is 5.84 Å². The Morgan fingerprint density at radius 1 is 1.73 bits per heavy atom. The minimum atomic E-state index is -0.372. The van der Waals surface area contributed by atoms with E-state index in [1.165, 1.54) is 0 Å². The van der Waals surface area contributed by atoms with Crippen LogP contribution in [-0.4, -0.2) is 10.9 Å². The molecule has 0 saturated carbocycles. The van der Waals surface area contributed by atoms with Gasteiger partial charge in [-0.1, -0.05) is 0 Å². The Kier molecular flexibility index (Phi) is 2.77. The summed E-state index contributed by atoms with van der Waals surface area (Å²) in [6, 6.07) is 3.45. The number of amides is 1. The van der Waals surface area contributed by atoms with Gasteiger partial charge in [-0.2, -0.15) is 0 Å². The van der Waals surface area contributed by atoms with Gasteiger partial charge in [-0.15, -0.1) is 0 Å². The number of nitrogens with zero attached hydrogens (tertiary/aromatic N) is 1. The average Bonchev–Trinajstić information content (AvgIpc) is 2.03. The summed E-state index contributed by atoms with van der Waals surface area (Å²) in [6.07, 6.45) is 1.56. The van der Waals surface area contributed by atoms with E-state index in [1.54, 1.807) is 18.3 Å².